The van der Waals surface area contributed by atoms with Gasteiger partial charge in [0.05, 0.1) is 25.4 Å². The topological polar surface area (TPSA) is 94.1 Å². The minimum absolute atomic E-state index is 0.137. The summed E-state index contributed by atoms with van der Waals surface area (Å²) >= 11 is 0. The quantitative estimate of drug-likeness (QED) is 0.442. The van der Waals surface area contributed by atoms with Crippen molar-refractivity contribution in [1.29, 1.82) is 0 Å². The summed E-state index contributed by atoms with van der Waals surface area (Å²) in [6.45, 7) is 5.44. The fraction of sp³-hybridized carbons (Fsp3) is 0.310. The van der Waals surface area contributed by atoms with Crippen LogP contribution in [-0.4, -0.2) is 72.0 Å². The van der Waals surface area contributed by atoms with Gasteiger partial charge in [0.1, 0.15) is 11.6 Å². The number of fused-ring (bicyclic) bond motifs is 1. The maximum Gasteiger partial charge on any atom is 0.326 e. The Balaban J connectivity index is 1.48. The SMILES string of the molecule is C=CC(=O)N1CC[C@H](N2C(=O)N(Cc3ccccc3)Cc3cnc(Nc4ccc(N(C)C)cc4OC)nc32)C1. The Hall–Kier alpha value is -4.60. The molecule has 1 N–H and O–H groups in total. The van der Waals surface area contributed by atoms with Gasteiger partial charge >= 0.3 is 6.03 Å². The predicted molar refractivity (Wildman–Crippen MR) is 151 cm³/mol. The average molecular weight is 528 g/mol. The van der Waals surface area contributed by atoms with Gasteiger partial charge < -0.3 is 24.8 Å². The zero-order valence-corrected chi connectivity index (χ0v) is 22.5. The third-order valence-corrected chi connectivity index (χ3v) is 7.09. The number of likely N-dealkylation sites (tertiary alicyclic amines) is 1. The van der Waals surface area contributed by atoms with Crippen molar-refractivity contribution >= 4 is 35.1 Å². The Morgan fingerprint density at radius 1 is 1.23 bits per heavy atom. The molecular formula is C29H33N7O3. The van der Waals surface area contributed by atoms with E-state index in [4.69, 9.17) is 9.72 Å². The standard InChI is InChI=1S/C29H33N7O3/c1-5-26(37)34-14-13-23(19-34)36-27-21(18-35(29(36)38)17-20-9-7-6-8-10-20)16-30-28(32-27)31-24-12-11-22(33(2)3)15-25(24)39-4/h5-12,15-16,23H,1,13-14,17-19H2,2-4H3,(H,30,31,32)/t23-/m0/s1. The van der Waals surface area contributed by atoms with Crippen LogP contribution >= 0.6 is 0 Å². The maximum absolute atomic E-state index is 13.9. The van der Waals surface area contributed by atoms with E-state index in [1.54, 1.807) is 28.0 Å². The first-order chi connectivity index (χ1) is 18.9. The summed E-state index contributed by atoms with van der Waals surface area (Å²) in [5.74, 6) is 1.43. The number of aromatic nitrogens is 2. The molecule has 2 aromatic carbocycles. The van der Waals surface area contributed by atoms with Crippen LogP contribution in [-0.2, 0) is 17.9 Å². The molecule has 2 aliphatic heterocycles. The van der Waals surface area contributed by atoms with Gasteiger partial charge in [-0.15, -0.1) is 0 Å². The molecule has 0 aliphatic carbocycles. The fourth-order valence-electron chi connectivity index (χ4n) is 5.01. The fourth-order valence-corrected chi connectivity index (χ4v) is 5.01. The van der Waals surface area contributed by atoms with Gasteiger partial charge in [-0.3, -0.25) is 9.69 Å². The van der Waals surface area contributed by atoms with Crippen molar-refractivity contribution in [2.24, 2.45) is 0 Å². The van der Waals surface area contributed by atoms with E-state index in [1.165, 1.54) is 6.08 Å². The molecule has 2 aliphatic rings. The number of hydrogen-bond acceptors (Lipinski definition) is 7. The summed E-state index contributed by atoms with van der Waals surface area (Å²) in [5.41, 5.74) is 3.60. The van der Waals surface area contributed by atoms with E-state index < -0.39 is 0 Å². The summed E-state index contributed by atoms with van der Waals surface area (Å²) in [7, 11) is 5.55. The molecule has 202 valence electrons. The Bertz CT molecular complexity index is 1380. The van der Waals surface area contributed by atoms with Gasteiger partial charge in [-0.1, -0.05) is 36.9 Å². The number of nitrogens with one attached hydrogen (secondary N) is 1. The van der Waals surface area contributed by atoms with E-state index in [-0.39, 0.29) is 18.0 Å². The molecule has 0 saturated carbocycles. The van der Waals surface area contributed by atoms with Crippen LogP contribution in [0.15, 0.2) is 67.4 Å². The number of carbonyl (C=O) groups excluding carboxylic acids is 2. The zero-order valence-electron chi connectivity index (χ0n) is 22.5. The number of ether oxygens (including phenoxy) is 1. The van der Waals surface area contributed by atoms with Crippen LogP contribution in [0.2, 0.25) is 0 Å². The lowest BCUT2D eigenvalue weighted by molar-refractivity contribution is -0.125. The van der Waals surface area contributed by atoms with Crippen LogP contribution in [0, 0.1) is 0 Å². The number of anilines is 4. The second-order valence-electron chi connectivity index (χ2n) is 9.87. The second kappa shape index (κ2) is 11.0. The van der Waals surface area contributed by atoms with Crippen LogP contribution < -0.4 is 19.9 Å². The number of carbonyl (C=O) groups is 2. The minimum atomic E-state index is -0.213. The van der Waals surface area contributed by atoms with Crippen LogP contribution in [0.3, 0.4) is 0 Å². The molecule has 1 aromatic heterocycles. The molecule has 10 nitrogen and oxygen atoms in total. The van der Waals surface area contributed by atoms with E-state index in [2.05, 4.69) is 16.9 Å². The zero-order chi connectivity index (χ0) is 27.5. The molecule has 0 spiro atoms. The lowest BCUT2D eigenvalue weighted by Crippen LogP contribution is -2.52. The summed E-state index contributed by atoms with van der Waals surface area (Å²) in [4.78, 5) is 42.9. The number of rotatable bonds is 8. The first-order valence-electron chi connectivity index (χ1n) is 12.9. The van der Waals surface area contributed by atoms with Crippen molar-refractivity contribution in [3.05, 3.63) is 78.5 Å². The molecule has 0 radical (unpaired) electrons. The summed E-state index contributed by atoms with van der Waals surface area (Å²) in [6, 6.07) is 15.4. The number of benzene rings is 2. The summed E-state index contributed by atoms with van der Waals surface area (Å²) < 4.78 is 5.59. The highest BCUT2D eigenvalue weighted by Crippen LogP contribution is 2.35. The maximum atomic E-state index is 13.9. The normalized spacial score (nSPS) is 16.6. The van der Waals surface area contributed by atoms with Gasteiger partial charge in [-0.05, 0) is 30.2 Å². The van der Waals surface area contributed by atoms with Gasteiger partial charge in [-0.25, -0.2) is 9.78 Å². The number of nitrogens with zero attached hydrogens (tertiary/aromatic N) is 6. The van der Waals surface area contributed by atoms with Crippen LogP contribution in [0.4, 0.5) is 27.9 Å². The highest BCUT2D eigenvalue weighted by atomic mass is 16.5. The molecule has 1 atom stereocenters. The first-order valence-corrected chi connectivity index (χ1v) is 12.9. The van der Waals surface area contributed by atoms with Crippen molar-refractivity contribution in [2.75, 3.05) is 49.4 Å². The van der Waals surface area contributed by atoms with Gasteiger partial charge in [0, 0.05) is 57.2 Å². The van der Waals surface area contributed by atoms with E-state index in [1.807, 2.05) is 67.5 Å². The van der Waals surface area contributed by atoms with Gasteiger partial charge in [0.15, 0.2) is 0 Å². The van der Waals surface area contributed by atoms with Crippen molar-refractivity contribution in [3.63, 3.8) is 0 Å². The third-order valence-electron chi connectivity index (χ3n) is 7.09. The van der Waals surface area contributed by atoms with Crippen molar-refractivity contribution < 1.29 is 14.3 Å². The Labute approximate surface area is 228 Å². The molecule has 0 unspecified atom stereocenters. The summed E-state index contributed by atoms with van der Waals surface area (Å²) in [5, 5.41) is 3.26. The molecule has 39 heavy (non-hydrogen) atoms. The van der Waals surface area contributed by atoms with Gasteiger partial charge in [-0.2, -0.15) is 4.98 Å². The molecular weight excluding hydrogens is 494 g/mol. The van der Waals surface area contributed by atoms with E-state index in [0.29, 0.717) is 55.8 Å². The van der Waals surface area contributed by atoms with Crippen molar-refractivity contribution in [3.8, 4) is 5.75 Å². The van der Waals surface area contributed by atoms with E-state index >= 15 is 0 Å². The molecule has 1 saturated heterocycles. The molecule has 3 aromatic rings. The monoisotopic (exact) mass is 527 g/mol. The predicted octanol–water partition coefficient (Wildman–Crippen LogP) is 4.02. The number of methoxy groups -OCH3 is 1. The average Bonchev–Trinajstić information content (AvgIpc) is 3.43. The second-order valence-corrected chi connectivity index (χ2v) is 9.87. The Morgan fingerprint density at radius 3 is 2.74 bits per heavy atom. The Morgan fingerprint density at radius 2 is 2.03 bits per heavy atom. The lowest BCUT2D eigenvalue weighted by atomic mass is 10.1. The van der Waals surface area contributed by atoms with E-state index in [9.17, 15) is 9.59 Å². The molecule has 5 rings (SSSR count). The van der Waals surface area contributed by atoms with Crippen LogP contribution in [0.25, 0.3) is 0 Å². The first kappa shape index (κ1) is 26.0. The highest BCUT2D eigenvalue weighted by molar-refractivity contribution is 5.95. The molecule has 10 heteroatoms. The number of amides is 3. The molecule has 3 heterocycles. The van der Waals surface area contributed by atoms with Crippen LogP contribution in [0.5, 0.6) is 5.75 Å². The van der Waals surface area contributed by atoms with Crippen molar-refractivity contribution in [2.45, 2.75) is 25.6 Å². The number of urea groups is 1. The van der Waals surface area contributed by atoms with Gasteiger partial charge in [0.2, 0.25) is 11.9 Å². The smallest absolute Gasteiger partial charge is 0.326 e. The largest absolute Gasteiger partial charge is 0.494 e. The molecule has 1 fully saturated rings. The van der Waals surface area contributed by atoms with Gasteiger partial charge in [0.25, 0.3) is 0 Å². The Kier molecular flexibility index (Phi) is 7.36. The third kappa shape index (κ3) is 5.36. The molecule has 0 bridgehead atoms. The summed E-state index contributed by atoms with van der Waals surface area (Å²) in [6.07, 6.45) is 3.73. The van der Waals surface area contributed by atoms with Crippen LogP contribution in [0.1, 0.15) is 17.5 Å². The minimum Gasteiger partial charge on any atom is -0.494 e. The lowest BCUT2D eigenvalue weighted by Gasteiger charge is -2.39. The highest BCUT2D eigenvalue weighted by Gasteiger charge is 2.40. The number of hydrogen-bond donors (Lipinski definition) is 1. The van der Waals surface area contributed by atoms with E-state index in [0.717, 1.165) is 16.8 Å². The van der Waals surface area contributed by atoms with Crippen molar-refractivity contribution in [1.82, 2.24) is 19.8 Å². The molecule has 3 amide bonds.